The first kappa shape index (κ1) is 11.6. The van der Waals surface area contributed by atoms with Crippen LogP contribution in [0.1, 0.15) is 10.4 Å². The van der Waals surface area contributed by atoms with E-state index in [4.69, 9.17) is 20.4 Å². The Hall–Kier alpha value is -1.43. The van der Waals surface area contributed by atoms with E-state index < -0.39 is 23.2 Å². The van der Waals surface area contributed by atoms with Gasteiger partial charge in [-0.3, -0.25) is 0 Å². The third-order valence-corrected chi connectivity index (χ3v) is 1.32. The second-order valence-corrected chi connectivity index (χ2v) is 2.17. The highest BCUT2D eigenvalue weighted by Crippen LogP contribution is 2.35. The summed E-state index contributed by atoms with van der Waals surface area (Å²) >= 11 is 0. The molecule has 4 N–H and O–H groups in total. The summed E-state index contributed by atoms with van der Waals surface area (Å²) in [6.45, 7) is 0. The van der Waals surface area contributed by atoms with Crippen LogP contribution in [0.15, 0.2) is 12.1 Å². The van der Waals surface area contributed by atoms with Gasteiger partial charge in [0.2, 0.25) is 0 Å². The van der Waals surface area contributed by atoms with Gasteiger partial charge in [0.05, 0.1) is 5.56 Å². The lowest BCUT2D eigenvalue weighted by Crippen LogP contribution is -1.95. The van der Waals surface area contributed by atoms with Gasteiger partial charge in [0.1, 0.15) is 0 Å². The molecule has 6 heteroatoms. The molecule has 0 bridgehead atoms. The normalized spacial score (nSPS) is 8.92. The maximum absolute atomic E-state index is 10.3. The molecule has 13 heavy (non-hydrogen) atoms. The summed E-state index contributed by atoms with van der Waals surface area (Å²) in [5.74, 6) is -3.33. The number of carbonyl (C=O) groups is 1. The van der Waals surface area contributed by atoms with E-state index in [2.05, 4.69) is 0 Å². The molecule has 72 valence electrons. The molecule has 0 spiro atoms. The van der Waals surface area contributed by atoms with Crippen molar-refractivity contribution < 1.29 is 25.2 Å². The van der Waals surface area contributed by atoms with Crippen molar-refractivity contribution in [2.75, 3.05) is 0 Å². The lowest BCUT2D eigenvalue weighted by Gasteiger charge is -2.01. The maximum Gasteiger partial charge on any atom is 0.335 e. The standard InChI is InChI=1S/C7H6O5.BrH/c8-4-1-3(7(11)12)2-5(9)6(4)10;/h1-2,8-10H,(H,11,12);1H. The minimum Gasteiger partial charge on any atom is -0.504 e. The van der Waals surface area contributed by atoms with E-state index in [1.807, 2.05) is 0 Å². The molecule has 0 aliphatic rings. The van der Waals surface area contributed by atoms with Crippen LogP contribution in [0.5, 0.6) is 17.2 Å². The van der Waals surface area contributed by atoms with E-state index in [-0.39, 0.29) is 22.5 Å². The van der Waals surface area contributed by atoms with Crippen molar-refractivity contribution in [1.29, 1.82) is 0 Å². The molecule has 0 aliphatic carbocycles. The van der Waals surface area contributed by atoms with Gasteiger partial charge in [-0.1, -0.05) is 0 Å². The number of phenolic OH excluding ortho intramolecular Hbond substituents is 3. The number of carboxylic acid groups (broad SMARTS) is 1. The van der Waals surface area contributed by atoms with Gasteiger partial charge in [-0.2, -0.15) is 0 Å². The molecule has 1 aromatic carbocycles. The van der Waals surface area contributed by atoms with Gasteiger partial charge in [-0.25, -0.2) is 4.79 Å². The number of hydrogen-bond donors (Lipinski definition) is 4. The molecule has 0 unspecified atom stereocenters. The fourth-order valence-electron chi connectivity index (χ4n) is 0.728. The third kappa shape index (κ3) is 2.25. The van der Waals surface area contributed by atoms with Gasteiger partial charge in [0.25, 0.3) is 0 Å². The number of aromatic hydroxyl groups is 3. The summed E-state index contributed by atoms with van der Waals surface area (Å²) in [7, 11) is 0. The molecular weight excluding hydrogens is 244 g/mol. The molecule has 1 aromatic rings. The summed E-state index contributed by atoms with van der Waals surface area (Å²) in [6, 6.07) is 1.69. The van der Waals surface area contributed by atoms with Crippen LogP contribution in [-0.2, 0) is 0 Å². The van der Waals surface area contributed by atoms with E-state index in [0.29, 0.717) is 0 Å². The Labute approximate surface area is 83.6 Å². The van der Waals surface area contributed by atoms with Gasteiger partial charge in [-0.05, 0) is 12.1 Å². The number of aromatic carboxylic acids is 1. The van der Waals surface area contributed by atoms with Crippen molar-refractivity contribution in [2.45, 2.75) is 0 Å². The van der Waals surface area contributed by atoms with Crippen LogP contribution in [0.2, 0.25) is 0 Å². The molecule has 0 aromatic heterocycles. The second kappa shape index (κ2) is 3.99. The number of phenols is 3. The number of benzene rings is 1. The Kier molecular flexibility index (Phi) is 3.55. The lowest BCUT2D eigenvalue weighted by molar-refractivity contribution is 0.0696. The first-order valence-electron chi connectivity index (χ1n) is 3.00. The van der Waals surface area contributed by atoms with Crippen molar-refractivity contribution in [1.82, 2.24) is 0 Å². The molecule has 0 saturated carbocycles. The predicted molar refractivity (Wildman–Crippen MR) is 48.7 cm³/mol. The molecule has 1 rings (SSSR count). The number of hydrogen-bond acceptors (Lipinski definition) is 4. The SMILES string of the molecule is Br.O=C(O)c1cc(O)c(O)c(O)c1. The van der Waals surface area contributed by atoms with Gasteiger partial charge in [0.15, 0.2) is 17.2 Å². The zero-order chi connectivity index (χ0) is 9.30. The van der Waals surface area contributed by atoms with Crippen molar-refractivity contribution in [3.63, 3.8) is 0 Å². The minimum absolute atomic E-state index is 0. The second-order valence-electron chi connectivity index (χ2n) is 2.17. The molecule has 0 fully saturated rings. The number of halogens is 1. The van der Waals surface area contributed by atoms with Crippen LogP contribution in [-0.4, -0.2) is 26.4 Å². The number of carboxylic acids is 1. The van der Waals surface area contributed by atoms with Gasteiger partial charge in [-0.15, -0.1) is 17.0 Å². The molecule has 0 heterocycles. The van der Waals surface area contributed by atoms with Crippen LogP contribution in [0.4, 0.5) is 0 Å². The van der Waals surface area contributed by atoms with Crippen molar-refractivity contribution in [3.05, 3.63) is 17.7 Å². The largest absolute Gasteiger partial charge is 0.504 e. The topological polar surface area (TPSA) is 98.0 Å². The van der Waals surface area contributed by atoms with E-state index in [9.17, 15) is 4.79 Å². The monoisotopic (exact) mass is 250 g/mol. The maximum atomic E-state index is 10.3. The summed E-state index contributed by atoms with van der Waals surface area (Å²) in [6.07, 6.45) is 0. The Bertz CT molecular complexity index is 313. The van der Waals surface area contributed by atoms with Crippen LogP contribution in [0, 0.1) is 0 Å². The molecule has 0 atom stereocenters. The average molecular weight is 251 g/mol. The fourth-order valence-corrected chi connectivity index (χ4v) is 0.728. The lowest BCUT2D eigenvalue weighted by atomic mass is 10.2. The molecule has 0 aliphatic heterocycles. The van der Waals surface area contributed by atoms with E-state index in [1.54, 1.807) is 0 Å². The predicted octanol–water partition coefficient (Wildman–Crippen LogP) is 1.08. The summed E-state index contributed by atoms with van der Waals surface area (Å²) in [4.78, 5) is 10.3. The smallest absolute Gasteiger partial charge is 0.335 e. The highest BCUT2D eigenvalue weighted by Gasteiger charge is 2.11. The molecule has 0 radical (unpaired) electrons. The van der Waals surface area contributed by atoms with Crippen molar-refractivity contribution in [3.8, 4) is 17.2 Å². The minimum atomic E-state index is -1.29. The van der Waals surface area contributed by atoms with Gasteiger partial charge < -0.3 is 20.4 Å². The Morgan fingerprint density at radius 3 is 1.77 bits per heavy atom. The Balaban J connectivity index is 0.00000144. The Morgan fingerprint density at radius 2 is 1.46 bits per heavy atom. The highest BCUT2D eigenvalue weighted by atomic mass is 79.9. The quantitative estimate of drug-likeness (QED) is 0.560. The average Bonchev–Trinajstić information content (AvgIpc) is 1.99. The van der Waals surface area contributed by atoms with Crippen molar-refractivity contribution in [2.24, 2.45) is 0 Å². The molecule has 0 saturated heterocycles. The molecule has 5 nitrogen and oxygen atoms in total. The Morgan fingerprint density at radius 1 is 1.08 bits per heavy atom. The summed E-state index contributed by atoms with van der Waals surface area (Å²) in [5, 5.41) is 35.0. The van der Waals surface area contributed by atoms with E-state index in [1.165, 1.54) is 0 Å². The van der Waals surface area contributed by atoms with Crippen LogP contribution in [0.25, 0.3) is 0 Å². The van der Waals surface area contributed by atoms with Crippen LogP contribution < -0.4 is 0 Å². The van der Waals surface area contributed by atoms with E-state index in [0.717, 1.165) is 12.1 Å². The van der Waals surface area contributed by atoms with Gasteiger partial charge in [0, 0.05) is 0 Å². The first-order valence-corrected chi connectivity index (χ1v) is 3.00. The zero-order valence-electron chi connectivity index (χ0n) is 6.26. The van der Waals surface area contributed by atoms with E-state index >= 15 is 0 Å². The summed E-state index contributed by atoms with van der Waals surface area (Å²) < 4.78 is 0. The fraction of sp³-hybridized carbons (Fsp3) is 0. The zero-order valence-corrected chi connectivity index (χ0v) is 7.97. The van der Waals surface area contributed by atoms with Gasteiger partial charge >= 0.3 is 5.97 Å². The number of rotatable bonds is 1. The highest BCUT2D eigenvalue weighted by molar-refractivity contribution is 8.93. The molecule has 0 amide bonds. The van der Waals surface area contributed by atoms with Crippen LogP contribution in [0.3, 0.4) is 0 Å². The molecular formula is C7H7BrO5. The summed E-state index contributed by atoms with van der Waals surface area (Å²) in [5.41, 5.74) is -0.289. The first-order chi connectivity index (χ1) is 5.52. The van der Waals surface area contributed by atoms with Crippen LogP contribution >= 0.6 is 17.0 Å². The van der Waals surface area contributed by atoms with Crippen molar-refractivity contribution >= 4 is 23.0 Å². The third-order valence-electron chi connectivity index (χ3n) is 1.32.